The molecule has 3 N–H and O–H groups in total. The monoisotopic (exact) mass is 418 g/mol. The number of amides is 1. The maximum atomic E-state index is 12.4. The molecule has 10 heteroatoms. The molecule has 31 heavy (non-hydrogen) atoms. The molecule has 0 radical (unpaired) electrons. The van der Waals surface area contributed by atoms with Gasteiger partial charge in [-0.1, -0.05) is 12.1 Å². The Morgan fingerprint density at radius 1 is 1.10 bits per heavy atom. The van der Waals surface area contributed by atoms with Crippen LogP contribution in [-0.2, 0) is 6.42 Å². The molecule has 3 aromatic heterocycles. The summed E-state index contributed by atoms with van der Waals surface area (Å²) in [4.78, 5) is 27.3. The molecule has 0 bridgehead atoms. The van der Waals surface area contributed by atoms with Crippen LogP contribution < -0.4 is 11.1 Å². The minimum atomic E-state index is 0.113. The second-order valence-corrected chi connectivity index (χ2v) is 7.40. The lowest BCUT2D eigenvalue weighted by Gasteiger charge is -2.15. The molecule has 0 aliphatic carbocycles. The average molecular weight is 418 g/mol. The molecule has 0 unspecified atom stereocenters. The Bertz CT molecular complexity index is 1190. The number of aromatic nitrogens is 5. The molecule has 10 nitrogen and oxygen atoms in total. The molecule has 0 atom stereocenters. The summed E-state index contributed by atoms with van der Waals surface area (Å²) in [6.45, 7) is 2.31. The zero-order valence-electron chi connectivity index (χ0n) is 16.9. The van der Waals surface area contributed by atoms with Crippen molar-refractivity contribution in [3.8, 4) is 11.6 Å². The van der Waals surface area contributed by atoms with E-state index in [-0.39, 0.29) is 11.9 Å². The Morgan fingerprint density at radius 2 is 1.90 bits per heavy atom. The maximum Gasteiger partial charge on any atom is 0.259 e. The Kier molecular flexibility index (Phi) is 4.95. The average Bonchev–Trinajstić information content (AvgIpc) is 3.55. The van der Waals surface area contributed by atoms with Crippen LogP contribution in [0.5, 0.6) is 0 Å². The lowest BCUT2D eigenvalue weighted by atomic mass is 10.1. The van der Waals surface area contributed by atoms with Gasteiger partial charge < -0.3 is 20.4 Å². The van der Waals surface area contributed by atoms with Crippen LogP contribution in [0.4, 0.5) is 11.9 Å². The predicted molar refractivity (Wildman–Crippen MR) is 114 cm³/mol. The van der Waals surface area contributed by atoms with Gasteiger partial charge >= 0.3 is 0 Å². The molecule has 4 heterocycles. The van der Waals surface area contributed by atoms with Crippen LogP contribution in [0.3, 0.4) is 0 Å². The van der Waals surface area contributed by atoms with E-state index in [0.29, 0.717) is 29.9 Å². The molecule has 4 aromatic rings. The van der Waals surface area contributed by atoms with Gasteiger partial charge in [-0.2, -0.15) is 19.5 Å². The third kappa shape index (κ3) is 3.91. The number of hydrogen-bond donors (Lipinski definition) is 2. The highest BCUT2D eigenvalue weighted by atomic mass is 16.3. The highest BCUT2D eigenvalue weighted by Gasteiger charge is 2.19. The topological polar surface area (TPSA) is 127 Å². The number of carbonyl (C=O) groups excluding carboxylic acids is 1. The number of nitrogens with zero attached hydrogens (tertiary/aromatic N) is 6. The van der Waals surface area contributed by atoms with Crippen molar-refractivity contribution in [3.63, 3.8) is 0 Å². The summed E-state index contributed by atoms with van der Waals surface area (Å²) in [5.74, 6) is 1.94. The second-order valence-electron chi connectivity index (χ2n) is 7.40. The van der Waals surface area contributed by atoms with Crippen LogP contribution in [0, 0.1) is 0 Å². The quantitative estimate of drug-likeness (QED) is 0.488. The molecule has 1 amide bonds. The smallest absolute Gasteiger partial charge is 0.259 e. The number of fused-ring (bicyclic) bond motifs is 1. The van der Waals surface area contributed by atoms with Gasteiger partial charge in [-0.15, -0.1) is 5.10 Å². The van der Waals surface area contributed by atoms with Crippen molar-refractivity contribution in [3.05, 3.63) is 53.8 Å². The van der Waals surface area contributed by atoms with Gasteiger partial charge in [0.25, 0.3) is 11.7 Å². The third-order valence-electron chi connectivity index (χ3n) is 5.27. The van der Waals surface area contributed by atoms with Crippen molar-refractivity contribution in [2.45, 2.75) is 19.3 Å². The summed E-state index contributed by atoms with van der Waals surface area (Å²) in [7, 11) is 0. The fraction of sp³-hybridized carbons (Fsp3) is 0.286. The van der Waals surface area contributed by atoms with Crippen LogP contribution in [-0.4, -0.2) is 55.0 Å². The van der Waals surface area contributed by atoms with Crippen LogP contribution in [0.2, 0.25) is 0 Å². The van der Waals surface area contributed by atoms with Gasteiger partial charge in [0.15, 0.2) is 5.76 Å². The summed E-state index contributed by atoms with van der Waals surface area (Å²) < 4.78 is 6.69. The number of carbonyl (C=O) groups is 1. The number of furan rings is 1. The van der Waals surface area contributed by atoms with E-state index in [0.717, 1.165) is 43.5 Å². The number of nitrogens with one attached hydrogen (secondary N) is 1. The molecule has 1 saturated heterocycles. The minimum absolute atomic E-state index is 0.113. The van der Waals surface area contributed by atoms with Crippen LogP contribution in [0.15, 0.2) is 47.1 Å². The lowest BCUT2D eigenvalue weighted by molar-refractivity contribution is 0.0793. The number of hydrogen-bond acceptors (Lipinski definition) is 8. The van der Waals surface area contributed by atoms with Crippen molar-refractivity contribution >= 4 is 23.6 Å². The number of likely N-dealkylation sites (tertiary alicyclic amines) is 1. The van der Waals surface area contributed by atoms with Gasteiger partial charge in [0.05, 0.1) is 6.26 Å². The first-order chi connectivity index (χ1) is 15.2. The zero-order valence-corrected chi connectivity index (χ0v) is 16.9. The van der Waals surface area contributed by atoms with E-state index in [2.05, 4.69) is 25.4 Å². The number of nitrogens with two attached hydrogens (primary N) is 1. The van der Waals surface area contributed by atoms with Crippen molar-refractivity contribution in [2.24, 2.45) is 0 Å². The Hall–Kier alpha value is -3.95. The normalized spacial score (nSPS) is 13.7. The summed E-state index contributed by atoms with van der Waals surface area (Å²) in [5, 5.41) is 7.45. The van der Waals surface area contributed by atoms with E-state index < -0.39 is 0 Å². The Morgan fingerprint density at radius 3 is 2.65 bits per heavy atom. The Labute approximate surface area is 178 Å². The first kappa shape index (κ1) is 19.0. The molecule has 0 spiro atoms. The number of anilines is 2. The molecule has 1 aliphatic rings. The van der Waals surface area contributed by atoms with E-state index in [1.54, 1.807) is 18.4 Å². The molecule has 1 aromatic carbocycles. The molecular formula is C21H22N8O2. The van der Waals surface area contributed by atoms with E-state index >= 15 is 0 Å². The summed E-state index contributed by atoms with van der Waals surface area (Å²) in [5.41, 5.74) is 7.85. The number of nitrogen functional groups attached to an aromatic ring is 1. The fourth-order valence-corrected chi connectivity index (χ4v) is 3.63. The van der Waals surface area contributed by atoms with Crippen molar-refractivity contribution < 1.29 is 9.21 Å². The lowest BCUT2D eigenvalue weighted by Crippen LogP contribution is -2.27. The predicted octanol–water partition coefficient (Wildman–Crippen LogP) is 2.25. The third-order valence-corrected chi connectivity index (χ3v) is 5.27. The second kappa shape index (κ2) is 8.05. The van der Waals surface area contributed by atoms with Crippen LogP contribution in [0.1, 0.15) is 28.8 Å². The van der Waals surface area contributed by atoms with Gasteiger partial charge in [-0.3, -0.25) is 4.79 Å². The maximum absolute atomic E-state index is 12.4. The molecule has 158 valence electrons. The van der Waals surface area contributed by atoms with Crippen molar-refractivity contribution in [2.75, 3.05) is 30.7 Å². The standard InChI is InChI=1S/C21H22N8O2/c22-19-25-20(26-21-24-17(27-29(19)21)16-4-3-13-31-16)23-10-9-14-5-7-15(8-6-14)18(30)28-11-1-2-12-28/h3-8,13H,1-2,9-12H2,(H3,22,23,24,25,26,27). The van der Waals surface area contributed by atoms with Gasteiger partial charge in [-0.05, 0) is 49.1 Å². The molecule has 1 aliphatic heterocycles. The summed E-state index contributed by atoms with van der Waals surface area (Å²) in [6, 6.07) is 11.3. The highest BCUT2D eigenvalue weighted by molar-refractivity contribution is 5.94. The van der Waals surface area contributed by atoms with E-state index in [9.17, 15) is 4.79 Å². The van der Waals surface area contributed by atoms with Crippen LogP contribution in [0.25, 0.3) is 17.4 Å². The molecule has 1 fully saturated rings. The van der Waals surface area contributed by atoms with Crippen LogP contribution >= 0.6 is 0 Å². The van der Waals surface area contributed by atoms with Gasteiger partial charge in [0.1, 0.15) is 0 Å². The molecule has 0 saturated carbocycles. The van der Waals surface area contributed by atoms with Gasteiger partial charge in [0, 0.05) is 25.2 Å². The fourth-order valence-electron chi connectivity index (χ4n) is 3.63. The number of benzene rings is 1. The SMILES string of the molecule is Nc1nc(NCCc2ccc(C(=O)N3CCCC3)cc2)nc2nc(-c3ccco3)nn12. The van der Waals surface area contributed by atoms with E-state index in [1.807, 2.05) is 29.2 Å². The van der Waals surface area contributed by atoms with Crippen molar-refractivity contribution in [1.82, 2.24) is 29.5 Å². The Balaban J connectivity index is 1.22. The van der Waals surface area contributed by atoms with Gasteiger partial charge in [0.2, 0.25) is 17.7 Å². The highest BCUT2D eigenvalue weighted by Crippen LogP contribution is 2.18. The van der Waals surface area contributed by atoms with E-state index in [4.69, 9.17) is 10.2 Å². The van der Waals surface area contributed by atoms with E-state index in [1.165, 1.54) is 4.52 Å². The number of rotatable bonds is 6. The first-order valence-corrected chi connectivity index (χ1v) is 10.2. The van der Waals surface area contributed by atoms with Gasteiger partial charge in [-0.25, -0.2) is 0 Å². The minimum Gasteiger partial charge on any atom is -0.461 e. The largest absolute Gasteiger partial charge is 0.461 e. The molecule has 5 rings (SSSR count). The summed E-state index contributed by atoms with van der Waals surface area (Å²) in [6.07, 6.45) is 4.48. The molecular weight excluding hydrogens is 396 g/mol. The summed E-state index contributed by atoms with van der Waals surface area (Å²) >= 11 is 0. The first-order valence-electron chi connectivity index (χ1n) is 10.2. The zero-order chi connectivity index (χ0) is 21.2. The van der Waals surface area contributed by atoms with Crippen molar-refractivity contribution in [1.29, 1.82) is 0 Å².